The fourth-order valence-corrected chi connectivity index (χ4v) is 5.55. The minimum atomic E-state index is -4.08. The zero-order valence-corrected chi connectivity index (χ0v) is 25.9. The van der Waals surface area contributed by atoms with Crippen LogP contribution >= 0.6 is 11.6 Å². The maximum absolute atomic E-state index is 13.3. The number of aromatic carboxylic acids is 1. The third-order valence-corrected chi connectivity index (χ3v) is 8.31. The molecule has 2 amide bonds. The first-order chi connectivity index (χ1) is 20.1. The molecule has 3 N–H and O–H groups in total. The minimum Gasteiger partial charge on any atom is -0.478 e. The molecule has 0 radical (unpaired) electrons. The average molecular weight is 631 g/mol. The van der Waals surface area contributed by atoms with Crippen molar-refractivity contribution in [2.45, 2.75) is 62.0 Å². The van der Waals surface area contributed by atoms with Crippen LogP contribution in [0.1, 0.15) is 61.7 Å². The van der Waals surface area contributed by atoms with Crippen molar-refractivity contribution in [3.63, 3.8) is 0 Å². The topological polar surface area (TPSA) is 150 Å². The molecule has 10 nitrogen and oxygen atoms in total. The Morgan fingerprint density at radius 2 is 1.65 bits per heavy atom. The highest BCUT2D eigenvalue weighted by Gasteiger charge is 2.25. The maximum Gasteiger partial charge on any atom is 0.410 e. The molecule has 0 saturated heterocycles. The summed E-state index contributed by atoms with van der Waals surface area (Å²) in [5.74, 6) is -1.79. The van der Waals surface area contributed by atoms with Crippen molar-refractivity contribution in [3.05, 3.63) is 88.4 Å². The smallest absolute Gasteiger partial charge is 0.410 e. The van der Waals surface area contributed by atoms with Gasteiger partial charge < -0.3 is 25.2 Å². The molecular weight excluding hydrogens is 596 g/mol. The Bertz CT molecular complexity index is 1580. The Balaban J connectivity index is 1.79. The summed E-state index contributed by atoms with van der Waals surface area (Å²) in [4.78, 5) is 37.5. The molecule has 0 saturated carbocycles. The summed E-state index contributed by atoms with van der Waals surface area (Å²) in [6.07, 6.45) is -1.17. The SMILES string of the molecule is CCC(=O)Nc1ccc(S(=O)(=O)c2ccc(CCN(C[C@H](O)c3cccc(Cl)c3)C(=O)OC(C)(C)C)cc2)cc1C(=O)O. The number of amides is 2. The van der Waals surface area contributed by atoms with Gasteiger partial charge in [0.15, 0.2) is 0 Å². The van der Waals surface area contributed by atoms with Crippen LogP contribution in [-0.2, 0) is 25.8 Å². The highest BCUT2D eigenvalue weighted by molar-refractivity contribution is 7.91. The Morgan fingerprint density at radius 1 is 1.00 bits per heavy atom. The van der Waals surface area contributed by atoms with Gasteiger partial charge in [-0.3, -0.25) is 4.79 Å². The van der Waals surface area contributed by atoms with E-state index in [1.54, 1.807) is 64.1 Å². The molecule has 0 spiro atoms. The molecule has 43 heavy (non-hydrogen) atoms. The lowest BCUT2D eigenvalue weighted by Crippen LogP contribution is -2.40. The lowest BCUT2D eigenvalue weighted by atomic mass is 10.1. The molecule has 3 aromatic carbocycles. The molecular formula is C31H35ClN2O8S. The van der Waals surface area contributed by atoms with Crippen molar-refractivity contribution in [1.82, 2.24) is 4.90 Å². The van der Waals surface area contributed by atoms with Gasteiger partial charge in [0.25, 0.3) is 0 Å². The number of carbonyl (C=O) groups is 3. The third-order valence-electron chi connectivity index (χ3n) is 6.31. The van der Waals surface area contributed by atoms with Crippen molar-refractivity contribution in [3.8, 4) is 0 Å². The van der Waals surface area contributed by atoms with E-state index in [0.29, 0.717) is 22.6 Å². The molecule has 0 aliphatic carbocycles. The summed E-state index contributed by atoms with van der Waals surface area (Å²) in [5, 5.41) is 23.3. The summed E-state index contributed by atoms with van der Waals surface area (Å²) >= 11 is 6.05. The molecule has 230 valence electrons. The van der Waals surface area contributed by atoms with Gasteiger partial charge in [0, 0.05) is 18.0 Å². The zero-order chi connectivity index (χ0) is 31.9. The number of halogens is 1. The van der Waals surface area contributed by atoms with Gasteiger partial charge in [0.2, 0.25) is 15.7 Å². The van der Waals surface area contributed by atoms with Crippen LogP contribution < -0.4 is 5.32 Å². The zero-order valence-electron chi connectivity index (χ0n) is 24.3. The van der Waals surface area contributed by atoms with Gasteiger partial charge >= 0.3 is 12.1 Å². The van der Waals surface area contributed by atoms with Gasteiger partial charge in [0.05, 0.1) is 33.7 Å². The van der Waals surface area contributed by atoms with E-state index in [1.807, 2.05) is 0 Å². The van der Waals surface area contributed by atoms with Crippen molar-refractivity contribution >= 4 is 45.1 Å². The molecule has 1 atom stereocenters. The molecule has 0 aromatic heterocycles. The summed E-state index contributed by atoms with van der Waals surface area (Å²) < 4.78 is 32.1. The Morgan fingerprint density at radius 3 is 2.23 bits per heavy atom. The fourth-order valence-electron chi connectivity index (χ4n) is 4.06. The van der Waals surface area contributed by atoms with Crippen LogP contribution in [0.25, 0.3) is 0 Å². The molecule has 3 aromatic rings. The number of sulfone groups is 1. The summed E-state index contributed by atoms with van der Waals surface area (Å²) in [5.41, 5.74) is 0.161. The number of hydrogen-bond acceptors (Lipinski definition) is 7. The van der Waals surface area contributed by atoms with Crippen LogP contribution in [-0.4, -0.2) is 60.2 Å². The number of ether oxygens (including phenoxy) is 1. The Hall–Kier alpha value is -3.93. The highest BCUT2D eigenvalue weighted by atomic mass is 35.5. The number of carboxylic acid groups (broad SMARTS) is 1. The first-order valence-electron chi connectivity index (χ1n) is 13.5. The van der Waals surface area contributed by atoms with E-state index in [9.17, 15) is 33.0 Å². The predicted octanol–water partition coefficient (Wildman–Crippen LogP) is 5.73. The minimum absolute atomic E-state index is 0.00340. The van der Waals surface area contributed by atoms with E-state index in [0.717, 1.165) is 6.07 Å². The molecule has 0 fully saturated rings. The van der Waals surface area contributed by atoms with Crippen LogP contribution in [0.4, 0.5) is 10.5 Å². The lowest BCUT2D eigenvalue weighted by Gasteiger charge is -2.29. The highest BCUT2D eigenvalue weighted by Crippen LogP contribution is 2.27. The number of benzene rings is 3. The number of anilines is 1. The van der Waals surface area contributed by atoms with E-state index in [-0.39, 0.29) is 40.6 Å². The van der Waals surface area contributed by atoms with Gasteiger partial charge in [-0.25, -0.2) is 18.0 Å². The molecule has 0 bridgehead atoms. The largest absolute Gasteiger partial charge is 0.478 e. The summed E-state index contributed by atoms with van der Waals surface area (Å²) in [6, 6.07) is 16.2. The molecule has 12 heteroatoms. The van der Waals surface area contributed by atoms with Gasteiger partial charge in [-0.2, -0.15) is 0 Å². The number of carboxylic acids is 1. The van der Waals surface area contributed by atoms with Crippen molar-refractivity contribution < 1.29 is 37.8 Å². The molecule has 0 heterocycles. The number of aliphatic hydroxyl groups is 1. The van der Waals surface area contributed by atoms with Crippen LogP contribution in [0.5, 0.6) is 0 Å². The molecule has 0 unspecified atom stereocenters. The number of hydrogen-bond donors (Lipinski definition) is 3. The van der Waals surface area contributed by atoms with E-state index in [4.69, 9.17) is 16.3 Å². The van der Waals surface area contributed by atoms with Crippen LogP contribution in [0.3, 0.4) is 0 Å². The van der Waals surface area contributed by atoms with Crippen molar-refractivity contribution in [2.75, 3.05) is 18.4 Å². The third kappa shape index (κ3) is 9.28. The van der Waals surface area contributed by atoms with Crippen LogP contribution in [0, 0.1) is 0 Å². The second-order valence-electron chi connectivity index (χ2n) is 10.8. The monoisotopic (exact) mass is 630 g/mol. The number of nitrogens with zero attached hydrogens (tertiary/aromatic N) is 1. The van der Waals surface area contributed by atoms with Crippen molar-refractivity contribution in [2.24, 2.45) is 0 Å². The normalized spacial score (nSPS) is 12.3. The fraction of sp³-hybridized carbons (Fsp3) is 0.323. The van der Waals surface area contributed by atoms with Crippen LogP contribution in [0.2, 0.25) is 5.02 Å². The Kier molecular flexibility index (Phi) is 11.0. The van der Waals surface area contributed by atoms with E-state index in [1.165, 1.54) is 29.2 Å². The van der Waals surface area contributed by atoms with Crippen molar-refractivity contribution in [1.29, 1.82) is 0 Å². The van der Waals surface area contributed by atoms with E-state index >= 15 is 0 Å². The summed E-state index contributed by atoms with van der Waals surface area (Å²) in [7, 11) is -4.08. The molecule has 3 rings (SSSR count). The quantitative estimate of drug-likeness (QED) is 0.243. The van der Waals surface area contributed by atoms with Crippen LogP contribution in [0.15, 0.2) is 76.5 Å². The number of rotatable bonds is 11. The van der Waals surface area contributed by atoms with E-state index in [2.05, 4.69) is 5.32 Å². The second kappa shape index (κ2) is 14.0. The Labute approximate surface area is 256 Å². The number of carbonyl (C=O) groups excluding carboxylic acids is 2. The van der Waals surface area contributed by atoms with Gasteiger partial charge in [-0.05, 0) is 80.8 Å². The second-order valence-corrected chi connectivity index (χ2v) is 13.2. The first-order valence-corrected chi connectivity index (χ1v) is 15.4. The predicted molar refractivity (Wildman–Crippen MR) is 162 cm³/mol. The lowest BCUT2D eigenvalue weighted by molar-refractivity contribution is -0.115. The molecule has 0 aliphatic heterocycles. The standard InChI is InChI=1S/C31H35ClN2O8S/c1-5-28(36)33-26-14-13-24(18-25(26)29(37)38)43(40,41)23-11-9-20(10-12-23)15-16-34(30(39)42-31(2,3)4)19-27(35)21-7-6-8-22(32)17-21/h6-14,17-18,27,35H,5,15-16,19H2,1-4H3,(H,33,36)(H,37,38)/t27-/m0/s1. The van der Waals surface area contributed by atoms with Gasteiger partial charge in [-0.1, -0.05) is 42.8 Å². The van der Waals surface area contributed by atoms with Gasteiger partial charge in [-0.15, -0.1) is 0 Å². The summed E-state index contributed by atoms with van der Waals surface area (Å²) in [6.45, 7) is 6.95. The first kappa shape index (κ1) is 33.6. The number of nitrogens with one attached hydrogen (secondary N) is 1. The number of aliphatic hydroxyl groups excluding tert-OH is 1. The average Bonchev–Trinajstić information content (AvgIpc) is 2.94. The van der Waals surface area contributed by atoms with E-state index < -0.39 is 39.5 Å². The maximum atomic E-state index is 13.3. The molecule has 0 aliphatic rings. The van der Waals surface area contributed by atoms with Gasteiger partial charge in [0.1, 0.15) is 5.60 Å².